The molecular formula is C27H32ClN5O3S. The Morgan fingerprint density at radius 3 is 2.51 bits per heavy atom. The van der Waals surface area contributed by atoms with E-state index in [1.54, 1.807) is 41.4 Å². The third-order valence-corrected chi connectivity index (χ3v) is 9.39. The second kappa shape index (κ2) is 10.9. The van der Waals surface area contributed by atoms with Gasteiger partial charge < -0.3 is 4.90 Å². The Balaban J connectivity index is 1.13. The van der Waals surface area contributed by atoms with Crippen LogP contribution in [0.5, 0.6) is 0 Å². The SMILES string of the molecule is CCc1cc(N2CCC(CNN3CCN(S(=O)(=O)c4ccc5cc(Cl)ccc5c4)CC3=O)CC2)ccn1. The number of sulfonamides is 1. The fraction of sp³-hybridized carbons (Fsp3) is 0.407. The molecule has 2 aromatic carbocycles. The van der Waals surface area contributed by atoms with Gasteiger partial charge in [0.25, 0.3) is 5.91 Å². The maximum absolute atomic E-state index is 13.2. The Morgan fingerprint density at radius 1 is 1.00 bits per heavy atom. The predicted octanol–water partition coefficient (Wildman–Crippen LogP) is 3.70. The van der Waals surface area contributed by atoms with Crippen LogP contribution >= 0.6 is 11.6 Å². The number of halogens is 1. The summed E-state index contributed by atoms with van der Waals surface area (Å²) in [5.41, 5.74) is 5.60. The topological polar surface area (TPSA) is 85.9 Å². The third kappa shape index (κ3) is 5.75. The molecule has 0 spiro atoms. The van der Waals surface area contributed by atoms with Crippen molar-refractivity contribution in [2.45, 2.75) is 31.1 Å². The van der Waals surface area contributed by atoms with E-state index in [-0.39, 0.29) is 23.9 Å². The number of benzene rings is 2. The van der Waals surface area contributed by atoms with Gasteiger partial charge in [-0.15, -0.1) is 0 Å². The normalized spacial score (nSPS) is 18.1. The first-order valence-electron chi connectivity index (χ1n) is 12.8. The Kier molecular flexibility index (Phi) is 7.67. The summed E-state index contributed by atoms with van der Waals surface area (Å²) in [5.74, 6) is 0.230. The van der Waals surface area contributed by atoms with Crippen molar-refractivity contribution in [2.24, 2.45) is 5.92 Å². The van der Waals surface area contributed by atoms with Gasteiger partial charge in [0.1, 0.15) is 0 Å². The Hall–Kier alpha value is -2.72. The standard InChI is InChI=1S/C27H32ClN5O3S/c1-2-24-17-25(7-10-29-24)31-11-8-20(9-12-31)18-30-33-14-13-32(19-27(33)34)37(35,36)26-6-4-21-15-23(28)5-3-22(21)16-26/h3-7,10,15-17,20,30H,2,8-9,11-14,18-19H2,1H3. The zero-order valence-electron chi connectivity index (χ0n) is 20.9. The lowest BCUT2D eigenvalue weighted by molar-refractivity contribution is -0.137. The first-order valence-corrected chi connectivity index (χ1v) is 14.6. The van der Waals surface area contributed by atoms with Crippen LogP contribution in [0.25, 0.3) is 10.8 Å². The second-order valence-electron chi connectivity index (χ2n) is 9.69. The maximum atomic E-state index is 13.2. The number of carbonyl (C=O) groups is 1. The average molecular weight is 542 g/mol. The first-order chi connectivity index (χ1) is 17.8. The van der Waals surface area contributed by atoms with Crippen LogP contribution < -0.4 is 10.3 Å². The molecule has 0 saturated carbocycles. The molecule has 3 heterocycles. The Labute approximate surface area is 223 Å². The number of anilines is 1. The molecule has 1 N–H and O–H groups in total. The van der Waals surface area contributed by atoms with E-state index in [9.17, 15) is 13.2 Å². The number of hydrazine groups is 1. The maximum Gasteiger partial charge on any atom is 0.252 e. The monoisotopic (exact) mass is 541 g/mol. The number of aryl methyl sites for hydroxylation is 1. The van der Waals surface area contributed by atoms with Gasteiger partial charge in [0, 0.05) is 48.8 Å². The summed E-state index contributed by atoms with van der Waals surface area (Å²) in [6.07, 6.45) is 4.87. The highest BCUT2D eigenvalue weighted by Gasteiger charge is 2.33. The molecule has 0 radical (unpaired) electrons. The van der Waals surface area contributed by atoms with Crippen molar-refractivity contribution in [3.8, 4) is 0 Å². The van der Waals surface area contributed by atoms with Crippen LogP contribution in [0.1, 0.15) is 25.5 Å². The van der Waals surface area contributed by atoms with E-state index in [2.05, 4.69) is 34.4 Å². The summed E-state index contributed by atoms with van der Waals surface area (Å²) in [4.78, 5) is 19.8. The van der Waals surface area contributed by atoms with Gasteiger partial charge >= 0.3 is 0 Å². The summed E-state index contributed by atoms with van der Waals surface area (Å²) in [7, 11) is -3.78. The Bertz CT molecular complexity index is 1390. The molecule has 0 bridgehead atoms. The number of nitrogens with one attached hydrogen (secondary N) is 1. The third-order valence-electron chi connectivity index (χ3n) is 7.31. The van der Waals surface area contributed by atoms with Crippen LogP contribution in [0.2, 0.25) is 5.02 Å². The average Bonchev–Trinajstić information content (AvgIpc) is 2.92. The largest absolute Gasteiger partial charge is 0.371 e. The van der Waals surface area contributed by atoms with Gasteiger partial charge in [-0.1, -0.05) is 30.7 Å². The molecule has 5 rings (SSSR count). The number of aromatic nitrogens is 1. The molecular weight excluding hydrogens is 510 g/mol. The minimum Gasteiger partial charge on any atom is -0.371 e. The number of pyridine rings is 1. The van der Waals surface area contributed by atoms with Crippen LogP contribution in [0.15, 0.2) is 59.6 Å². The predicted molar refractivity (Wildman–Crippen MR) is 146 cm³/mol. The summed E-state index contributed by atoms with van der Waals surface area (Å²) in [6.45, 7) is 5.15. The number of piperidine rings is 1. The highest BCUT2D eigenvalue weighted by molar-refractivity contribution is 7.89. The Morgan fingerprint density at radius 2 is 1.76 bits per heavy atom. The number of hydrogen-bond acceptors (Lipinski definition) is 6. The van der Waals surface area contributed by atoms with Crippen molar-refractivity contribution < 1.29 is 13.2 Å². The minimum absolute atomic E-state index is 0.172. The van der Waals surface area contributed by atoms with E-state index < -0.39 is 10.0 Å². The summed E-state index contributed by atoms with van der Waals surface area (Å²) in [5, 5.41) is 3.84. The van der Waals surface area contributed by atoms with Crippen molar-refractivity contribution in [3.05, 3.63) is 65.4 Å². The molecule has 196 valence electrons. The molecule has 2 aliphatic heterocycles. The molecule has 2 aliphatic rings. The number of rotatable bonds is 7. The minimum atomic E-state index is -3.78. The van der Waals surface area contributed by atoms with Crippen LogP contribution in [-0.2, 0) is 21.2 Å². The number of nitrogens with zero attached hydrogens (tertiary/aromatic N) is 4. The van der Waals surface area contributed by atoms with Crippen molar-refractivity contribution in [1.82, 2.24) is 19.7 Å². The van der Waals surface area contributed by atoms with Gasteiger partial charge in [-0.25, -0.2) is 13.8 Å². The van der Waals surface area contributed by atoms with Gasteiger partial charge in [0.05, 0.1) is 18.0 Å². The molecule has 0 unspecified atom stereocenters. The van der Waals surface area contributed by atoms with E-state index in [4.69, 9.17) is 11.6 Å². The van der Waals surface area contributed by atoms with Gasteiger partial charge in [0.2, 0.25) is 10.0 Å². The molecule has 2 saturated heterocycles. The lowest BCUT2D eigenvalue weighted by atomic mass is 9.96. The summed E-state index contributed by atoms with van der Waals surface area (Å²) in [6, 6.07) is 14.5. The zero-order chi connectivity index (χ0) is 26.0. The molecule has 10 heteroatoms. The number of carbonyl (C=O) groups excluding carboxylic acids is 1. The van der Waals surface area contributed by atoms with E-state index in [0.717, 1.165) is 48.8 Å². The van der Waals surface area contributed by atoms with Crippen molar-refractivity contribution in [3.63, 3.8) is 0 Å². The van der Waals surface area contributed by atoms with Crippen LogP contribution in [0.4, 0.5) is 5.69 Å². The van der Waals surface area contributed by atoms with Gasteiger partial charge in [-0.05, 0) is 72.4 Å². The molecule has 37 heavy (non-hydrogen) atoms. The van der Waals surface area contributed by atoms with Gasteiger partial charge in [-0.2, -0.15) is 4.31 Å². The van der Waals surface area contributed by atoms with Gasteiger partial charge in [-0.3, -0.25) is 14.8 Å². The number of hydrogen-bond donors (Lipinski definition) is 1. The fourth-order valence-electron chi connectivity index (χ4n) is 5.02. The summed E-state index contributed by atoms with van der Waals surface area (Å²) < 4.78 is 27.8. The molecule has 1 amide bonds. The van der Waals surface area contributed by atoms with Gasteiger partial charge in [0.15, 0.2) is 0 Å². The molecule has 3 aromatic rings. The van der Waals surface area contributed by atoms with Crippen molar-refractivity contribution in [2.75, 3.05) is 44.2 Å². The first kappa shape index (κ1) is 25.9. The zero-order valence-corrected chi connectivity index (χ0v) is 22.5. The fourth-order valence-corrected chi connectivity index (χ4v) is 6.62. The molecule has 8 nitrogen and oxygen atoms in total. The van der Waals surface area contributed by atoms with E-state index in [1.807, 2.05) is 6.20 Å². The number of piperazine rings is 1. The van der Waals surface area contributed by atoms with Crippen LogP contribution in [0, 0.1) is 5.92 Å². The molecule has 0 aliphatic carbocycles. The highest BCUT2D eigenvalue weighted by Crippen LogP contribution is 2.26. The lowest BCUT2D eigenvalue weighted by Gasteiger charge is -2.37. The molecule has 2 fully saturated rings. The van der Waals surface area contributed by atoms with E-state index >= 15 is 0 Å². The summed E-state index contributed by atoms with van der Waals surface area (Å²) >= 11 is 6.04. The molecule has 0 atom stereocenters. The van der Waals surface area contributed by atoms with Crippen molar-refractivity contribution >= 4 is 44.0 Å². The molecule has 1 aromatic heterocycles. The second-order valence-corrected chi connectivity index (χ2v) is 12.1. The number of fused-ring (bicyclic) bond motifs is 1. The number of amides is 1. The smallest absolute Gasteiger partial charge is 0.252 e. The van der Waals surface area contributed by atoms with E-state index in [1.165, 1.54) is 9.99 Å². The highest BCUT2D eigenvalue weighted by atomic mass is 35.5. The van der Waals surface area contributed by atoms with Crippen molar-refractivity contribution in [1.29, 1.82) is 0 Å². The van der Waals surface area contributed by atoms with Crippen LogP contribution in [0.3, 0.4) is 0 Å². The quantitative estimate of drug-likeness (QED) is 0.491. The lowest BCUT2D eigenvalue weighted by Crippen LogP contribution is -2.57. The van der Waals surface area contributed by atoms with E-state index in [0.29, 0.717) is 24.0 Å². The van der Waals surface area contributed by atoms with Crippen LogP contribution in [-0.4, -0.2) is 67.9 Å².